The van der Waals surface area contributed by atoms with Crippen LogP contribution in [0.25, 0.3) is 0 Å². The molecule has 0 saturated carbocycles. The maximum Gasteiger partial charge on any atom is 0.126 e. The van der Waals surface area contributed by atoms with E-state index >= 15 is 0 Å². The van der Waals surface area contributed by atoms with Gasteiger partial charge < -0.3 is 14.8 Å². The molecule has 0 aromatic heterocycles. The monoisotopic (exact) mass is 295 g/mol. The zero-order chi connectivity index (χ0) is 14.5. The molecule has 1 aliphatic rings. The lowest BCUT2D eigenvalue weighted by atomic mass is 9.96. The van der Waals surface area contributed by atoms with Crippen LogP contribution in [0.4, 0.5) is 0 Å². The van der Waals surface area contributed by atoms with Crippen LogP contribution < -0.4 is 10.1 Å². The Labute approximate surface area is 126 Å². The first-order valence-corrected chi connectivity index (χ1v) is 8.41. The first-order valence-electron chi connectivity index (χ1n) is 7.25. The summed E-state index contributed by atoms with van der Waals surface area (Å²) in [5.74, 6) is 3.13. The Hall–Kier alpha value is -0.710. The molecule has 1 N–H and O–H groups in total. The van der Waals surface area contributed by atoms with Crippen LogP contribution in [-0.2, 0) is 4.74 Å². The second-order valence-electron chi connectivity index (χ2n) is 5.15. The molecule has 3 nitrogen and oxygen atoms in total. The standard InChI is InChI=1S/C16H25NO2S/c1-5-17-15(14-10-20-9-8-19-14)13-7-6-11(2)12(3)16(13)18-4/h6-7,14-15,17H,5,8-10H2,1-4H3. The number of hydrogen-bond donors (Lipinski definition) is 1. The highest BCUT2D eigenvalue weighted by atomic mass is 32.2. The number of methoxy groups -OCH3 is 1. The summed E-state index contributed by atoms with van der Waals surface area (Å²) in [5, 5.41) is 3.57. The number of aryl methyl sites for hydroxylation is 1. The minimum absolute atomic E-state index is 0.196. The van der Waals surface area contributed by atoms with Crippen molar-refractivity contribution in [2.45, 2.75) is 32.9 Å². The van der Waals surface area contributed by atoms with E-state index in [2.05, 4.69) is 38.2 Å². The molecule has 1 aromatic carbocycles. The lowest BCUT2D eigenvalue weighted by molar-refractivity contribution is 0.0465. The average molecular weight is 295 g/mol. The number of nitrogens with one attached hydrogen (secondary N) is 1. The van der Waals surface area contributed by atoms with Gasteiger partial charge in [0.25, 0.3) is 0 Å². The van der Waals surface area contributed by atoms with Crippen LogP contribution in [0.5, 0.6) is 5.75 Å². The van der Waals surface area contributed by atoms with Gasteiger partial charge in [0.05, 0.1) is 25.9 Å². The topological polar surface area (TPSA) is 30.5 Å². The molecule has 4 heteroatoms. The molecule has 2 rings (SSSR count). The molecular formula is C16H25NO2S. The average Bonchev–Trinajstić information content (AvgIpc) is 2.48. The molecule has 0 spiro atoms. The van der Waals surface area contributed by atoms with Gasteiger partial charge in [0, 0.05) is 17.1 Å². The summed E-state index contributed by atoms with van der Waals surface area (Å²) in [4.78, 5) is 0. The van der Waals surface area contributed by atoms with E-state index in [1.165, 1.54) is 16.7 Å². The Morgan fingerprint density at radius 1 is 1.45 bits per heavy atom. The van der Waals surface area contributed by atoms with Gasteiger partial charge in [-0.25, -0.2) is 0 Å². The van der Waals surface area contributed by atoms with E-state index in [1.807, 2.05) is 11.8 Å². The quantitative estimate of drug-likeness (QED) is 0.904. The minimum Gasteiger partial charge on any atom is -0.496 e. The molecule has 0 aliphatic carbocycles. The Balaban J connectivity index is 2.35. The molecule has 2 unspecified atom stereocenters. The van der Waals surface area contributed by atoms with Crippen molar-refractivity contribution in [3.05, 3.63) is 28.8 Å². The third-order valence-electron chi connectivity index (χ3n) is 3.88. The van der Waals surface area contributed by atoms with Crippen molar-refractivity contribution in [1.82, 2.24) is 5.32 Å². The molecular weight excluding hydrogens is 270 g/mol. The van der Waals surface area contributed by atoms with Crippen LogP contribution in [0.15, 0.2) is 12.1 Å². The van der Waals surface area contributed by atoms with Gasteiger partial charge in [-0.05, 0) is 31.5 Å². The van der Waals surface area contributed by atoms with Gasteiger partial charge in [-0.2, -0.15) is 11.8 Å². The van der Waals surface area contributed by atoms with Gasteiger partial charge in [-0.15, -0.1) is 0 Å². The molecule has 1 saturated heterocycles. The lowest BCUT2D eigenvalue weighted by Gasteiger charge is -2.32. The highest BCUT2D eigenvalue weighted by molar-refractivity contribution is 7.99. The predicted octanol–water partition coefficient (Wildman–Crippen LogP) is 3.09. The van der Waals surface area contributed by atoms with Gasteiger partial charge in [0.15, 0.2) is 0 Å². The number of hydrogen-bond acceptors (Lipinski definition) is 4. The maximum atomic E-state index is 5.98. The van der Waals surface area contributed by atoms with Crippen LogP contribution in [0.1, 0.15) is 29.7 Å². The maximum absolute atomic E-state index is 5.98. The molecule has 0 radical (unpaired) electrons. The number of likely N-dealkylation sites (N-methyl/N-ethyl adjacent to an activating group) is 1. The van der Waals surface area contributed by atoms with E-state index in [1.54, 1.807) is 7.11 Å². The zero-order valence-electron chi connectivity index (χ0n) is 12.9. The van der Waals surface area contributed by atoms with Crippen molar-refractivity contribution in [3.63, 3.8) is 0 Å². The fourth-order valence-electron chi connectivity index (χ4n) is 2.69. The van der Waals surface area contributed by atoms with E-state index in [-0.39, 0.29) is 12.1 Å². The van der Waals surface area contributed by atoms with Crippen molar-refractivity contribution in [2.75, 3.05) is 31.8 Å². The highest BCUT2D eigenvalue weighted by Crippen LogP contribution is 2.35. The number of rotatable bonds is 5. The van der Waals surface area contributed by atoms with Crippen molar-refractivity contribution >= 4 is 11.8 Å². The fourth-order valence-corrected chi connectivity index (χ4v) is 3.59. The summed E-state index contributed by atoms with van der Waals surface area (Å²) in [6.07, 6.45) is 0.213. The van der Waals surface area contributed by atoms with Crippen LogP contribution in [-0.4, -0.2) is 37.9 Å². The van der Waals surface area contributed by atoms with Crippen molar-refractivity contribution in [1.29, 1.82) is 0 Å². The second kappa shape index (κ2) is 7.34. The first kappa shape index (κ1) is 15.7. The molecule has 0 amide bonds. The molecule has 112 valence electrons. The fraction of sp³-hybridized carbons (Fsp3) is 0.625. The SMILES string of the molecule is CCNC(c1ccc(C)c(C)c1OC)C1CSCCO1. The second-order valence-corrected chi connectivity index (χ2v) is 6.30. The molecule has 2 atom stereocenters. The highest BCUT2D eigenvalue weighted by Gasteiger charge is 2.28. The zero-order valence-corrected chi connectivity index (χ0v) is 13.7. The summed E-state index contributed by atoms with van der Waals surface area (Å²) >= 11 is 1.97. The first-order chi connectivity index (χ1) is 9.69. The Bertz CT molecular complexity index is 444. The third kappa shape index (κ3) is 3.30. The Morgan fingerprint density at radius 2 is 2.25 bits per heavy atom. The normalized spacial score (nSPS) is 20.7. The number of ether oxygens (including phenoxy) is 2. The largest absolute Gasteiger partial charge is 0.496 e. The summed E-state index contributed by atoms with van der Waals surface area (Å²) < 4.78 is 11.7. The summed E-state index contributed by atoms with van der Waals surface area (Å²) in [6, 6.07) is 4.55. The van der Waals surface area contributed by atoms with Crippen molar-refractivity contribution in [3.8, 4) is 5.75 Å². The summed E-state index contributed by atoms with van der Waals surface area (Å²) in [6.45, 7) is 8.14. The third-order valence-corrected chi connectivity index (χ3v) is 4.90. The summed E-state index contributed by atoms with van der Waals surface area (Å²) in [5.41, 5.74) is 3.70. The molecule has 0 bridgehead atoms. The number of thioether (sulfide) groups is 1. The van der Waals surface area contributed by atoms with E-state index in [0.29, 0.717) is 0 Å². The van der Waals surface area contributed by atoms with Gasteiger partial charge in [0.1, 0.15) is 5.75 Å². The summed E-state index contributed by atoms with van der Waals surface area (Å²) in [7, 11) is 1.75. The van der Waals surface area contributed by atoms with Crippen LogP contribution in [0, 0.1) is 13.8 Å². The molecule has 1 fully saturated rings. The van der Waals surface area contributed by atoms with E-state index in [9.17, 15) is 0 Å². The van der Waals surface area contributed by atoms with Gasteiger partial charge in [-0.1, -0.05) is 19.1 Å². The molecule has 1 aliphatic heterocycles. The van der Waals surface area contributed by atoms with Gasteiger partial charge >= 0.3 is 0 Å². The van der Waals surface area contributed by atoms with Crippen LogP contribution in [0.2, 0.25) is 0 Å². The van der Waals surface area contributed by atoms with E-state index in [0.717, 1.165) is 30.4 Å². The smallest absolute Gasteiger partial charge is 0.126 e. The van der Waals surface area contributed by atoms with Crippen molar-refractivity contribution < 1.29 is 9.47 Å². The lowest BCUT2D eigenvalue weighted by Crippen LogP contribution is -2.38. The minimum atomic E-state index is 0.196. The van der Waals surface area contributed by atoms with Gasteiger partial charge in [0.2, 0.25) is 0 Å². The Morgan fingerprint density at radius 3 is 2.85 bits per heavy atom. The molecule has 20 heavy (non-hydrogen) atoms. The van der Waals surface area contributed by atoms with Gasteiger partial charge in [-0.3, -0.25) is 0 Å². The number of benzene rings is 1. The Kier molecular flexibility index (Phi) is 5.75. The van der Waals surface area contributed by atoms with Crippen LogP contribution >= 0.6 is 11.8 Å². The molecule has 1 aromatic rings. The molecule has 1 heterocycles. The predicted molar refractivity (Wildman–Crippen MR) is 86.0 cm³/mol. The van der Waals surface area contributed by atoms with Crippen molar-refractivity contribution in [2.24, 2.45) is 0 Å². The van der Waals surface area contributed by atoms with Crippen LogP contribution in [0.3, 0.4) is 0 Å². The van der Waals surface area contributed by atoms with E-state index < -0.39 is 0 Å². The van der Waals surface area contributed by atoms with E-state index in [4.69, 9.17) is 9.47 Å².